The van der Waals surface area contributed by atoms with Crippen LogP contribution in [0.15, 0.2) is 67.0 Å². The molecule has 7 nitrogen and oxygen atoms in total. The van der Waals surface area contributed by atoms with Crippen molar-refractivity contribution in [1.82, 2.24) is 25.3 Å². The normalized spacial score (nSPS) is 10.9. The number of hydrogen-bond donors (Lipinski definition) is 1. The summed E-state index contributed by atoms with van der Waals surface area (Å²) < 4.78 is 7.05. The number of pyridine rings is 1. The molecule has 0 atom stereocenters. The topological polar surface area (TPSA) is 81.9 Å². The van der Waals surface area contributed by atoms with E-state index in [9.17, 15) is 4.79 Å². The van der Waals surface area contributed by atoms with Gasteiger partial charge in [0.1, 0.15) is 17.1 Å². The van der Waals surface area contributed by atoms with E-state index < -0.39 is 0 Å². The van der Waals surface area contributed by atoms with Gasteiger partial charge in [-0.1, -0.05) is 54.9 Å². The molecule has 0 bridgehead atoms. The molecule has 1 N–H and O–H groups in total. The van der Waals surface area contributed by atoms with Crippen LogP contribution < -0.4 is 10.1 Å². The second-order valence-electron chi connectivity index (χ2n) is 7.83. The van der Waals surface area contributed by atoms with Crippen molar-refractivity contribution in [2.45, 2.75) is 26.3 Å². The standard InChI is InChI=1S/C25H24ClN5O2/c1-16(2)18-6-4-17(5-7-18)15-28-25(32)23-24(19-10-12-27-13-11-19)31(30-29-23)21-14-20(26)8-9-22(21)33-3/h4-14,16H,15H2,1-3H3,(H,28,32). The Bertz CT molecular complexity index is 1250. The minimum Gasteiger partial charge on any atom is -0.494 e. The number of nitrogens with one attached hydrogen (secondary N) is 1. The fraction of sp³-hybridized carbons (Fsp3) is 0.200. The van der Waals surface area contributed by atoms with E-state index in [1.54, 1.807) is 54.5 Å². The van der Waals surface area contributed by atoms with Gasteiger partial charge >= 0.3 is 0 Å². The van der Waals surface area contributed by atoms with Crippen LogP contribution in [-0.4, -0.2) is 33.0 Å². The number of ether oxygens (including phenoxy) is 1. The largest absolute Gasteiger partial charge is 0.494 e. The lowest BCUT2D eigenvalue weighted by atomic mass is 10.0. The lowest BCUT2D eigenvalue weighted by Crippen LogP contribution is -2.24. The maximum Gasteiger partial charge on any atom is 0.274 e. The third kappa shape index (κ3) is 4.88. The second kappa shape index (κ2) is 9.83. The predicted octanol–water partition coefficient (Wildman–Crippen LogP) is 5.04. The molecule has 8 heteroatoms. The van der Waals surface area contributed by atoms with Crippen LogP contribution in [0.5, 0.6) is 5.75 Å². The van der Waals surface area contributed by atoms with Gasteiger partial charge in [-0.3, -0.25) is 9.78 Å². The summed E-state index contributed by atoms with van der Waals surface area (Å²) in [5, 5.41) is 11.9. The predicted molar refractivity (Wildman–Crippen MR) is 128 cm³/mol. The first-order valence-corrected chi connectivity index (χ1v) is 10.9. The molecule has 1 amide bonds. The molecule has 0 unspecified atom stereocenters. The number of carbonyl (C=O) groups excluding carboxylic acids is 1. The van der Waals surface area contributed by atoms with Crippen molar-refractivity contribution in [1.29, 1.82) is 0 Å². The van der Waals surface area contributed by atoms with Crippen LogP contribution in [0, 0.1) is 0 Å². The van der Waals surface area contributed by atoms with Gasteiger partial charge in [0.25, 0.3) is 5.91 Å². The van der Waals surface area contributed by atoms with Crippen LogP contribution in [0.25, 0.3) is 16.9 Å². The van der Waals surface area contributed by atoms with E-state index in [1.165, 1.54) is 5.56 Å². The molecule has 0 radical (unpaired) electrons. The van der Waals surface area contributed by atoms with Crippen LogP contribution in [0.2, 0.25) is 5.02 Å². The summed E-state index contributed by atoms with van der Waals surface area (Å²) in [5.74, 6) is 0.675. The van der Waals surface area contributed by atoms with Crippen molar-refractivity contribution in [2.24, 2.45) is 0 Å². The Morgan fingerprint density at radius 3 is 2.48 bits per heavy atom. The first-order chi connectivity index (χ1) is 16.0. The minimum absolute atomic E-state index is 0.196. The first-order valence-electron chi connectivity index (χ1n) is 10.5. The smallest absolute Gasteiger partial charge is 0.274 e. The van der Waals surface area contributed by atoms with Gasteiger partial charge < -0.3 is 10.1 Å². The number of rotatable bonds is 7. The summed E-state index contributed by atoms with van der Waals surface area (Å²) in [7, 11) is 1.56. The quantitative estimate of drug-likeness (QED) is 0.416. The highest BCUT2D eigenvalue weighted by molar-refractivity contribution is 6.30. The van der Waals surface area contributed by atoms with Gasteiger partial charge in [-0.2, -0.15) is 0 Å². The van der Waals surface area contributed by atoms with Crippen LogP contribution in [0.4, 0.5) is 0 Å². The average molecular weight is 462 g/mol. The maximum absolute atomic E-state index is 13.2. The van der Waals surface area contributed by atoms with Crippen molar-refractivity contribution in [3.63, 3.8) is 0 Å². The highest BCUT2D eigenvalue weighted by Crippen LogP contribution is 2.31. The van der Waals surface area contributed by atoms with Crippen LogP contribution in [0.3, 0.4) is 0 Å². The number of amides is 1. The first kappa shape index (κ1) is 22.5. The van der Waals surface area contributed by atoms with Crippen molar-refractivity contribution < 1.29 is 9.53 Å². The number of halogens is 1. The fourth-order valence-corrected chi connectivity index (χ4v) is 3.65. The number of methoxy groups -OCH3 is 1. The van der Waals surface area contributed by atoms with Crippen LogP contribution in [-0.2, 0) is 6.54 Å². The second-order valence-corrected chi connectivity index (χ2v) is 8.27. The Morgan fingerprint density at radius 1 is 1.09 bits per heavy atom. The molecule has 4 rings (SSSR count). The molecule has 0 fully saturated rings. The van der Waals surface area contributed by atoms with Gasteiger partial charge in [-0.25, -0.2) is 4.68 Å². The molecule has 2 heterocycles. The SMILES string of the molecule is COc1ccc(Cl)cc1-n1nnc(C(=O)NCc2ccc(C(C)C)cc2)c1-c1ccncc1. The zero-order valence-electron chi connectivity index (χ0n) is 18.6. The monoisotopic (exact) mass is 461 g/mol. The summed E-state index contributed by atoms with van der Waals surface area (Å²) in [6.07, 6.45) is 3.31. The summed E-state index contributed by atoms with van der Waals surface area (Å²) in [4.78, 5) is 17.2. The zero-order chi connectivity index (χ0) is 23.4. The molecule has 0 aliphatic rings. The minimum atomic E-state index is -0.331. The maximum atomic E-state index is 13.2. The molecule has 0 aliphatic carbocycles. The van der Waals surface area contributed by atoms with Gasteiger partial charge in [-0.15, -0.1) is 5.10 Å². The van der Waals surface area contributed by atoms with Crippen molar-refractivity contribution >= 4 is 17.5 Å². The van der Waals surface area contributed by atoms with Crippen molar-refractivity contribution in [2.75, 3.05) is 7.11 Å². The molecule has 4 aromatic rings. The number of carbonyl (C=O) groups is 1. The zero-order valence-corrected chi connectivity index (χ0v) is 19.4. The fourth-order valence-electron chi connectivity index (χ4n) is 3.49. The third-order valence-electron chi connectivity index (χ3n) is 5.31. The number of benzene rings is 2. The highest BCUT2D eigenvalue weighted by Gasteiger charge is 2.23. The average Bonchev–Trinajstić information content (AvgIpc) is 3.28. The molecule has 2 aromatic heterocycles. The molecule has 0 saturated carbocycles. The highest BCUT2D eigenvalue weighted by atomic mass is 35.5. The summed E-state index contributed by atoms with van der Waals surface area (Å²) >= 11 is 6.23. The number of hydrogen-bond acceptors (Lipinski definition) is 5. The summed E-state index contributed by atoms with van der Waals surface area (Å²) in [6, 6.07) is 17.0. The van der Waals surface area contributed by atoms with Gasteiger partial charge in [-0.05, 0) is 47.4 Å². The molecule has 0 spiro atoms. The van der Waals surface area contributed by atoms with Gasteiger partial charge in [0, 0.05) is 29.5 Å². The Kier molecular flexibility index (Phi) is 6.70. The van der Waals surface area contributed by atoms with Crippen molar-refractivity contribution in [3.05, 3.63) is 88.8 Å². The third-order valence-corrected chi connectivity index (χ3v) is 5.54. The van der Waals surface area contributed by atoms with Gasteiger partial charge in [0.05, 0.1) is 7.11 Å². The van der Waals surface area contributed by atoms with E-state index in [0.717, 1.165) is 11.1 Å². The molecular weight excluding hydrogens is 438 g/mol. The lowest BCUT2D eigenvalue weighted by molar-refractivity contribution is 0.0946. The Morgan fingerprint density at radius 2 is 1.82 bits per heavy atom. The number of aromatic nitrogens is 4. The molecule has 168 valence electrons. The Hall–Kier alpha value is -3.71. The Balaban J connectivity index is 1.69. The van der Waals surface area contributed by atoms with Crippen LogP contribution in [0.1, 0.15) is 41.4 Å². The molecule has 0 saturated heterocycles. The van der Waals surface area contributed by atoms with Crippen molar-refractivity contribution in [3.8, 4) is 22.7 Å². The molecule has 33 heavy (non-hydrogen) atoms. The van der Waals surface area contributed by atoms with Gasteiger partial charge in [0.15, 0.2) is 5.69 Å². The lowest BCUT2D eigenvalue weighted by Gasteiger charge is -2.12. The van der Waals surface area contributed by atoms with E-state index in [0.29, 0.717) is 34.6 Å². The summed E-state index contributed by atoms with van der Waals surface area (Å²) in [6.45, 7) is 4.67. The van der Waals surface area contributed by atoms with Crippen LogP contribution >= 0.6 is 11.6 Å². The molecule has 2 aromatic carbocycles. The van der Waals surface area contributed by atoms with E-state index >= 15 is 0 Å². The summed E-state index contributed by atoms with van der Waals surface area (Å²) in [5.41, 5.74) is 4.29. The molecule has 0 aliphatic heterocycles. The van der Waals surface area contributed by atoms with Gasteiger partial charge in [0.2, 0.25) is 0 Å². The van der Waals surface area contributed by atoms with E-state index in [-0.39, 0.29) is 11.6 Å². The molecular formula is C25H24ClN5O2. The Labute approximate surface area is 197 Å². The number of nitrogens with zero attached hydrogens (tertiary/aromatic N) is 4. The van der Waals surface area contributed by atoms with E-state index in [4.69, 9.17) is 16.3 Å². The van der Waals surface area contributed by atoms with E-state index in [2.05, 4.69) is 46.6 Å². The van der Waals surface area contributed by atoms with E-state index in [1.807, 2.05) is 12.1 Å².